The zero-order chi connectivity index (χ0) is 13.4. The van der Waals surface area contributed by atoms with Gasteiger partial charge in [-0.05, 0) is 31.9 Å². The molecule has 0 unspecified atom stereocenters. The molecular weight excluding hydrogens is 260 g/mol. The normalized spacial score (nSPS) is 13.9. The Morgan fingerprint density at radius 2 is 2.16 bits per heavy atom. The topological polar surface area (TPSA) is 54.5 Å². The number of hydrogen-bond acceptors (Lipinski definition) is 3. The van der Waals surface area contributed by atoms with Gasteiger partial charge in [0.15, 0.2) is 0 Å². The Kier molecular flexibility index (Phi) is 3.00. The Morgan fingerprint density at radius 1 is 1.32 bits per heavy atom. The van der Waals surface area contributed by atoms with Gasteiger partial charge in [0.05, 0.1) is 28.7 Å². The molecule has 0 saturated heterocycles. The van der Waals surface area contributed by atoms with E-state index in [4.69, 9.17) is 16.9 Å². The van der Waals surface area contributed by atoms with Crippen LogP contribution >= 0.6 is 11.6 Å². The average molecular weight is 273 g/mol. The lowest BCUT2D eigenvalue weighted by Crippen LogP contribution is -2.11. The molecule has 2 aromatic rings. The number of nitriles is 1. The van der Waals surface area contributed by atoms with Crippen LogP contribution in [0.4, 0.5) is 0 Å². The van der Waals surface area contributed by atoms with Gasteiger partial charge >= 0.3 is 0 Å². The van der Waals surface area contributed by atoms with Crippen molar-refractivity contribution in [3.8, 4) is 17.5 Å². The number of pyridine rings is 1. The quantitative estimate of drug-likeness (QED) is 0.750. The maximum atomic E-state index is 9.03. The molecule has 96 valence electrons. The minimum atomic E-state index is 0.347. The summed E-state index contributed by atoms with van der Waals surface area (Å²) in [5, 5.41) is 9.38. The Hall–Kier alpha value is -1.86. The van der Waals surface area contributed by atoms with Gasteiger partial charge in [0, 0.05) is 13.0 Å². The smallest absolute Gasteiger partial charge is 0.131 e. The highest BCUT2D eigenvalue weighted by molar-refractivity contribution is 6.29. The molecule has 1 aliphatic rings. The summed E-state index contributed by atoms with van der Waals surface area (Å²) in [6.45, 7) is 2.94. The molecular formula is C14H13ClN4. The molecule has 0 spiro atoms. The number of halogens is 1. The Balaban J connectivity index is 2.20. The van der Waals surface area contributed by atoms with Crippen molar-refractivity contribution in [2.45, 2.75) is 32.7 Å². The third kappa shape index (κ3) is 2.11. The number of imidazole rings is 1. The van der Waals surface area contributed by atoms with Gasteiger partial charge in [-0.25, -0.2) is 9.97 Å². The second kappa shape index (κ2) is 4.67. The second-order valence-electron chi connectivity index (χ2n) is 4.75. The van der Waals surface area contributed by atoms with Crippen molar-refractivity contribution >= 4 is 11.6 Å². The second-order valence-corrected chi connectivity index (χ2v) is 5.13. The van der Waals surface area contributed by atoms with Gasteiger partial charge in [-0.15, -0.1) is 0 Å². The number of fused-ring (bicyclic) bond motifs is 1. The molecule has 0 N–H and O–H groups in total. The van der Waals surface area contributed by atoms with E-state index in [9.17, 15) is 0 Å². The number of aromatic nitrogens is 3. The van der Waals surface area contributed by atoms with Crippen molar-refractivity contribution in [1.29, 1.82) is 5.26 Å². The minimum Gasteiger partial charge on any atom is -0.327 e. The van der Waals surface area contributed by atoms with Crippen LogP contribution in [0.1, 0.15) is 29.9 Å². The molecule has 0 aliphatic carbocycles. The van der Waals surface area contributed by atoms with Crippen LogP contribution in [-0.4, -0.2) is 14.5 Å². The van der Waals surface area contributed by atoms with E-state index < -0.39 is 0 Å². The predicted octanol–water partition coefficient (Wildman–Crippen LogP) is 3.11. The molecule has 0 amide bonds. The van der Waals surface area contributed by atoms with Crippen molar-refractivity contribution in [2.24, 2.45) is 0 Å². The van der Waals surface area contributed by atoms with Crippen LogP contribution in [0.25, 0.3) is 11.4 Å². The third-order valence-corrected chi connectivity index (χ3v) is 3.61. The average Bonchev–Trinajstić information content (AvgIpc) is 2.73. The van der Waals surface area contributed by atoms with Crippen LogP contribution in [0, 0.1) is 18.3 Å². The molecule has 0 atom stereocenters. The highest BCUT2D eigenvalue weighted by Gasteiger charge is 2.20. The summed E-state index contributed by atoms with van der Waals surface area (Å²) in [4.78, 5) is 8.96. The summed E-state index contributed by atoms with van der Waals surface area (Å²) in [6, 6.07) is 5.47. The van der Waals surface area contributed by atoms with E-state index in [1.165, 1.54) is 6.42 Å². The molecule has 0 aromatic carbocycles. The SMILES string of the molecule is Cc1nc2n(c1-c1cc(C#N)cc(Cl)n1)CCCC2. The van der Waals surface area contributed by atoms with Crippen LogP contribution < -0.4 is 0 Å². The molecule has 1 aliphatic heterocycles. The zero-order valence-corrected chi connectivity index (χ0v) is 11.4. The first-order chi connectivity index (χ1) is 9.19. The van der Waals surface area contributed by atoms with Crippen LogP contribution in [0.2, 0.25) is 5.15 Å². The Morgan fingerprint density at radius 3 is 2.95 bits per heavy atom. The predicted molar refractivity (Wildman–Crippen MR) is 72.9 cm³/mol. The maximum absolute atomic E-state index is 9.03. The molecule has 3 heterocycles. The van der Waals surface area contributed by atoms with Crippen LogP contribution in [0.3, 0.4) is 0 Å². The first-order valence-corrected chi connectivity index (χ1v) is 6.71. The molecule has 0 fully saturated rings. The zero-order valence-electron chi connectivity index (χ0n) is 10.6. The van der Waals surface area contributed by atoms with Gasteiger partial charge in [-0.3, -0.25) is 0 Å². The third-order valence-electron chi connectivity index (χ3n) is 3.42. The first-order valence-electron chi connectivity index (χ1n) is 6.33. The van der Waals surface area contributed by atoms with E-state index in [0.29, 0.717) is 10.7 Å². The molecule has 0 bridgehead atoms. The lowest BCUT2D eigenvalue weighted by molar-refractivity contribution is 0.525. The summed E-state index contributed by atoms with van der Waals surface area (Å²) >= 11 is 5.99. The van der Waals surface area contributed by atoms with Gasteiger partial charge in [0.1, 0.15) is 11.0 Å². The van der Waals surface area contributed by atoms with E-state index in [-0.39, 0.29) is 0 Å². The summed E-state index contributed by atoms with van der Waals surface area (Å²) < 4.78 is 2.21. The van der Waals surface area contributed by atoms with E-state index in [1.54, 1.807) is 12.1 Å². The molecule has 19 heavy (non-hydrogen) atoms. The molecule has 5 heteroatoms. The Bertz CT molecular complexity index is 681. The van der Waals surface area contributed by atoms with Crippen molar-refractivity contribution < 1.29 is 0 Å². The summed E-state index contributed by atoms with van der Waals surface area (Å²) in [5.74, 6) is 1.11. The lowest BCUT2D eigenvalue weighted by atomic mass is 10.1. The Labute approximate surface area is 116 Å². The maximum Gasteiger partial charge on any atom is 0.131 e. The first kappa shape index (κ1) is 12.2. The van der Waals surface area contributed by atoms with Crippen molar-refractivity contribution in [2.75, 3.05) is 0 Å². The highest BCUT2D eigenvalue weighted by atomic mass is 35.5. The van der Waals surface area contributed by atoms with E-state index in [0.717, 1.165) is 42.3 Å². The number of hydrogen-bond donors (Lipinski definition) is 0. The van der Waals surface area contributed by atoms with Gasteiger partial charge in [0.25, 0.3) is 0 Å². The van der Waals surface area contributed by atoms with Crippen LogP contribution in [-0.2, 0) is 13.0 Å². The molecule has 0 radical (unpaired) electrons. The van der Waals surface area contributed by atoms with Crippen molar-refractivity contribution in [3.05, 3.63) is 34.4 Å². The number of rotatable bonds is 1. The van der Waals surface area contributed by atoms with E-state index in [1.807, 2.05) is 6.92 Å². The monoisotopic (exact) mass is 272 g/mol. The number of nitrogens with zero attached hydrogens (tertiary/aromatic N) is 4. The number of aryl methyl sites for hydroxylation is 2. The fourth-order valence-electron chi connectivity index (χ4n) is 2.62. The fraction of sp³-hybridized carbons (Fsp3) is 0.357. The van der Waals surface area contributed by atoms with E-state index in [2.05, 4.69) is 20.6 Å². The summed E-state index contributed by atoms with van der Waals surface area (Å²) in [6.07, 6.45) is 3.34. The van der Waals surface area contributed by atoms with E-state index >= 15 is 0 Å². The summed E-state index contributed by atoms with van der Waals surface area (Å²) in [7, 11) is 0. The lowest BCUT2D eigenvalue weighted by Gasteiger charge is -2.16. The van der Waals surface area contributed by atoms with Gasteiger partial charge in [-0.1, -0.05) is 11.6 Å². The van der Waals surface area contributed by atoms with Crippen molar-refractivity contribution in [1.82, 2.24) is 14.5 Å². The highest BCUT2D eigenvalue weighted by Crippen LogP contribution is 2.28. The standard InChI is InChI=1S/C14H13ClN4/c1-9-14(19-5-3-2-4-13(19)17-9)11-6-10(8-16)7-12(15)18-11/h6-7H,2-5H2,1H3. The fourth-order valence-corrected chi connectivity index (χ4v) is 2.83. The summed E-state index contributed by atoms with van der Waals surface area (Å²) in [5.41, 5.74) is 3.22. The molecule has 0 saturated carbocycles. The minimum absolute atomic E-state index is 0.347. The van der Waals surface area contributed by atoms with Crippen molar-refractivity contribution in [3.63, 3.8) is 0 Å². The molecule has 2 aromatic heterocycles. The molecule has 3 rings (SSSR count). The van der Waals surface area contributed by atoms with Gasteiger partial charge < -0.3 is 4.57 Å². The largest absolute Gasteiger partial charge is 0.327 e. The van der Waals surface area contributed by atoms with Crippen LogP contribution in [0.5, 0.6) is 0 Å². The van der Waals surface area contributed by atoms with Gasteiger partial charge in [-0.2, -0.15) is 5.26 Å². The van der Waals surface area contributed by atoms with Crippen LogP contribution in [0.15, 0.2) is 12.1 Å². The molecule has 4 nitrogen and oxygen atoms in total. The van der Waals surface area contributed by atoms with Gasteiger partial charge in [0.2, 0.25) is 0 Å².